The highest BCUT2D eigenvalue weighted by atomic mass is 16.5. The van der Waals surface area contributed by atoms with Crippen LogP contribution in [0.2, 0.25) is 0 Å². The van der Waals surface area contributed by atoms with E-state index in [4.69, 9.17) is 9.51 Å². The van der Waals surface area contributed by atoms with Gasteiger partial charge in [0.25, 0.3) is 0 Å². The first-order chi connectivity index (χ1) is 15.2. The van der Waals surface area contributed by atoms with Crippen molar-refractivity contribution in [3.63, 3.8) is 0 Å². The molecule has 2 aromatic heterocycles. The molecule has 1 saturated carbocycles. The fourth-order valence-corrected chi connectivity index (χ4v) is 5.49. The third-order valence-electron chi connectivity index (χ3n) is 7.32. The van der Waals surface area contributed by atoms with Crippen LogP contribution in [0.15, 0.2) is 47.5 Å². The Balaban J connectivity index is 1.31. The first kappa shape index (κ1) is 20.4. The van der Waals surface area contributed by atoms with Gasteiger partial charge in [-0.3, -0.25) is 4.90 Å². The Morgan fingerprint density at radius 2 is 1.94 bits per heavy atom. The number of nitrogens with zero attached hydrogens (tertiary/aromatic N) is 5. The Morgan fingerprint density at radius 3 is 2.71 bits per heavy atom. The first-order valence-electron chi connectivity index (χ1n) is 11.8. The zero-order valence-corrected chi connectivity index (χ0v) is 18.5. The van der Waals surface area contributed by atoms with Gasteiger partial charge in [-0.1, -0.05) is 54.2 Å². The summed E-state index contributed by atoms with van der Waals surface area (Å²) in [5.41, 5.74) is 2.54. The SMILES string of the molecule is Cc1ccc(C2(c3noc(CN4CCCCC4CCn4ccnc4)n3)CCCC2)cc1. The molecule has 164 valence electrons. The molecule has 6 nitrogen and oxygen atoms in total. The van der Waals surface area contributed by atoms with Crippen LogP contribution in [0.5, 0.6) is 0 Å². The van der Waals surface area contributed by atoms with Gasteiger partial charge in [0.05, 0.1) is 18.3 Å². The Morgan fingerprint density at radius 1 is 1.10 bits per heavy atom. The van der Waals surface area contributed by atoms with Crippen molar-refractivity contribution in [1.82, 2.24) is 24.6 Å². The summed E-state index contributed by atoms with van der Waals surface area (Å²) >= 11 is 0. The number of rotatable bonds is 7. The van der Waals surface area contributed by atoms with E-state index in [1.54, 1.807) is 0 Å². The van der Waals surface area contributed by atoms with E-state index >= 15 is 0 Å². The lowest BCUT2D eigenvalue weighted by Gasteiger charge is -2.34. The van der Waals surface area contributed by atoms with Gasteiger partial charge in [-0.05, 0) is 51.1 Å². The molecule has 1 saturated heterocycles. The van der Waals surface area contributed by atoms with Gasteiger partial charge >= 0.3 is 0 Å². The quantitative estimate of drug-likeness (QED) is 0.546. The molecule has 0 amide bonds. The predicted octanol–water partition coefficient (Wildman–Crippen LogP) is 4.88. The minimum absolute atomic E-state index is 0.0851. The maximum absolute atomic E-state index is 5.83. The van der Waals surface area contributed by atoms with Gasteiger partial charge in [-0.25, -0.2) is 4.98 Å². The molecule has 6 heteroatoms. The minimum atomic E-state index is -0.0851. The van der Waals surface area contributed by atoms with E-state index in [2.05, 4.69) is 50.8 Å². The summed E-state index contributed by atoms with van der Waals surface area (Å²) < 4.78 is 8.00. The highest BCUT2D eigenvalue weighted by molar-refractivity contribution is 5.35. The summed E-state index contributed by atoms with van der Waals surface area (Å²) in [6.45, 7) is 5.01. The van der Waals surface area contributed by atoms with Crippen LogP contribution in [-0.2, 0) is 18.5 Å². The highest BCUT2D eigenvalue weighted by Gasteiger charge is 2.41. The average molecular weight is 420 g/mol. The summed E-state index contributed by atoms with van der Waals surface area (Å²) in [6, 6.07) is 9.48. The van der Waals surface area contributed by atoms with Crippen molar-refractivity contribution >= 4 is 0 Å². The van der Waals surface area contributed by atoms with Crippen LogP contribution in [-0.4, -0.2) is 37.2 Å². The third-order valence-corrected chi connectivity index (χ3v) is 7.32. The van der Waals surface area contributed by atoms with E-state index in [0.717, 1.165) is 50.6 Å². The average Bonchev–Trinajstić information content (AvgIpc) is 3.56. The molecule has 0 radical (unpaired) electrons. The molecule has 0 spiro atoms. The number of likely N-dealkylation sites (tertiary alicyclic amines) is 1. The molecular formula is C25H33N5O. The van der Waals surface area contributed by atoms with Crippen LogP contribution in [0.1, 0.15) is 74.2 Å². The molecule has 0 N–H and O–H groups in total. The molecule has 5 rings (SSSR count). The van der Waals surface area contributed by atoms with Crippen LogP contribution in [0.3, 0.4) is 0 Å². The van der Waals surface area contributed by atoms with Crippen LogP contribution in [0, 0.1) is 6.92 Å². The second-order valence-electron chi connectivity index (χ2n) is 9.38. The number of benzene rings is 1. The van der Waals surface area contributed by atoms with Crippen molar-refractivity contribution in [2.24, 2.45) is 0 Å². The van der Waals surface area contributed by atoms with Crippen molar-refractivity contribution in [1.29, 1.82) is 0 Å². The van der Waals surface area contributed by atoms with Crippen LogP contribution < -0.4 is 0 Å². The van der Waals surface area contributed by atoms with Crippen molar-refractivity contribution in [3.8, 4) is 0 Å². The van der Waals surface area contributed by atoms with Gasteiger partial charge in [0.15, 0.2) is 5.82 Å². The molecule has 1 aromatic carbocycles. The second-order valence-corrected chi connectivity index (χ2v) is 9.38. The van der Waals surface area contributed by atoms with Crippen molar-refractivity contribution < 1.29 is 4.52 Å². The Bertz CT molecular complexity index is 956. The topological polar surface area (TPSA) is 60.0 Å². The van der Waals surface area contributed by atoms with E-state index in [0.29, 0.717) is 6.04 Å². The summed E-state index contributed by atoms with van der Waals surface area (Å²) in [4.78, 5) is 11.7. The molecule has 2 fully saturated rings. The smallest absolute Gasteiger partial charge is 0.240 e. The molecule has 3 aromatic rings. The predicted molar refractivity (Wildman–Crippen MR) is 120 cm³/mol. The molecule has 1 atom stereocenters. The molecule has 1 aliphatic heterocycles. The molecule has 2 aliphatic rings. The number of hydrogen-bond acceptors (Lipinski definition) is 5. The normalized spacial score (nSPS) is 21.5. The molecular weight excluding hydrogens is 386 g/mol. The van der Waals surface area contributed by atoms with Crippen molar-refractivity contribution in [3.05, 3.63) is 65.8 Å². The summed E-state index contributed by atoms with van der Waals surface area (Å²) in [7, 11) is 0. The lowest BCUT2D eigenvalue weighted by molar-refractivity contribution is 0.113. The zero-order chi connectivity index (χ0) is 21.1. The fraction of sp³-hybridized carbons (Fsp3) is 0.560. The highest BCUT2D eigenvalue weighted by Crippen LogP contribution is 2.45. The van der Waals surface area contributed by atoms with Crippen molar-refractivity contribution in [2.45, 2.75) is 82.8 Å². The van der Waals surface area contributed by atoms with Gasteiger partial charge in [-0.15, -0.1) is 0 Å². The zero-order valence-electron chi connectivity index (χ0n) is 18.5. The van der Waals surface area contributed by atoms with E-state index in [9.17, 15) is 0 Å². The van der Waals surface area contributed by atoms with Gasteiger partial charge in [-0.2, -0.15) is 4.98 Å². The molecule has 0 bridgehead atoms. The van der Waals surface area contributed by atoms with Crippen molar-refractivity contribution in [2.75, 3.05) is 6.54 Å². The molecule has 1 aliphatic carbocycles. The standard InChI is InChI=1S/C25H33N5O/c1-20-7-9-21(10-8-20)25(12-3-4-13-25)24-27-23(31-28-24)18-30-15-5-2-6-22(30)11-16-29-17-14-26-19-29/h7-10,14,17,19,22H,2-6,11-13,15-16,18H2,1H3. The van der Waals surface area contributed by atoms with E-state index in [-0.39, 0.29) is 5.41 Å². The maximum Gasteiger partial charge on any atom is 0.240 e. The Kier molecular flexibility index (Phi) is 5.90. The summed E-state index contributed by atoms with van der Waals surface area (Å²) in [5.74, 6) is 1.65. The summed E-state index contributed by atoms with van der Waals surface area (Å²) in [5, 5.41) is 4.52. The van der Waals surface area contributed by atoms with E-state index in [1.165, 1.54) is 43.2 Å². The monoisotopic (exact) mass is 419 g/mol. The number of aromatic nitrogens is 4. The lowest BCUT2D eigenvalue weighted by atomic mass is 9.78. The Labute approximate surface area is 184 Å². The maximum atomic E-state index is 5.83. The first-order valence-corrected chi connectivity index (χ1v) is 11.8. The largest absolute Gasteiger partial charge is 0.338 e. The number of hydrogen-bond donors (Lipinski definition) is 0. The molecule has 3 heterocycles. The van der Waals surface area contributed by atoms with Gasteiger partial charge in [0.1, 0.15) is 0 Å². The van der Waals surface area contributed by atoms with Gasteiger partial charge in [0, 0.05) is 25.0 Å². The molecule has 1 unspecified atom stereocenters. The number of aryl methyl sites for hydroxylation is 2. The fourth-order valence-electron chi connectivity index (χ4n) is 5.49. The van der Waals surface area contributed by atoms with E-state index < -0.39 is 0 Å². The minimum Gasteiger partial charge on any atom is -0.338 e. The van der Waals surface area contributed by atoms with Gasteiger partial charge < -0.3 is 9.09 Å². The third kappa shape index (κ3) is 4.31. The van der Waals surface area contributed by atoms with Crippen LogP contribution >= 0.6 is 0 Å². The molecule has 31 heavy (non-hydrogen) atoms. The Hall–Kier alpha value is -2.47. The van der Waals surface area contributed by atoms with Crippen LogP contribution in [0.4, 0.5) is 0 Å². The second kappa shape index (κ2) is 8.95. The van der Waals surface area contributed by atoms with E-state index in [1.807, 2.05) is 18.7 Å². The van der Waals surface area contributed by atoms with Crippen LogP contribution in [0.25, 0.3) is 0 Å². The lowest BCUT2D eigenvalue weighted by Crippen LogP contribution is -2.39. The number of imidazole rings is 1. The van der Waals surface area contributed by atoms with Gasteiger partial charge in [0.2, 0.25) is 5.89 Å². The number of piperidine rings is 1. The summed E-state index contributed by atoms with van der Waals surface area (Å²) in [6.07, 6.45) is 15.4.